The summed E-state index contributed by atoms with van der Waals surface area (Å²) in [4.78, 5) is 31.2. The second-order valence-electron chi connectivity index (χ2n) is 10.7. The van der Waals surface area contributed by atoms with Crippen LogP contribution in [0.15, 0.2) is 48.5 Å². The smallest absolute Gasteiger partial charge is 0.254 e. The molecule has 3 aliphatic rings. The van der Waals surface area contributed by atoms with Crippen molar-refractivity contribution >= 4 is 33.6 Å². The zero-order chi connectivity index (χ0) is 25.5. The number of rotatable bonds is 4. The zero-order valence-corrected chi connectivity index (χ0v) is 20.4. The Bertz CT molecular complexity index is 1610. The Kier molecular flexibility index (Phi) is 4.55. The molecule has 7 nitrogen and oxygen atoms in total. The van der Waals surface area contributed by atoms with Crippen molar-refractivity contribution in [1.29, 1.82) is 0 Å². The molecule has 1 aromatic heterocycles. The zero-order valence-electron chi connectivity index (χ0n) is 20.4. The Balaban J connectivity index is 1.30. The number of primary amides is 1. The molecule has 0 atom stereocenters. The van der Waals surface area contributed by atoms with Gasteiger partial charge in [-0.1, -0.05) is 12.1 Å². The molecule has 2 spiro atoms. The lowest BCUT2D eigenvalue weighted by Gasteiger charge is -2.39. The third-order valence-corrected chi connectivity index (χ3v) is 8.00. The van der Waals surface area contributed by atoms with Gasteiger partial charge in [-0.05, 0) is 73.2 Å². The van der Waals surface area contributed by atoms with Crippen LogP contribution in [0.25, 0.3) is 32.9 Å². The van der Waals surface area contributed by atoms with Crippen LogP contribution in [0.3, 0.4) is 0 Å². The van der Waals surface area contributed by atoms with Gasteiger partial charge in [-0.2, -0.15) is 0 Å². The molecule has 0 radical (unpaired) electrons. The van der Waals surface area contributed by atoms with Gasteiger partial charge in [-0.3, -0.25) is 9.59 Å². The fourth-order valence-corrected chi connectivity index (χ4v) is 5.75. The maximum atomic E-state index is 14.4. The van der Waals surface area contributed by atoms with Crippen molar-refractivity contribution < 1.29 is 23.5 Å². The first kappa shape index (κ1) is 22.3. The van der Waals surface area contributed by atoms with Crippen LogP contribution < -0.4 is 10.5 Å². The maximum Gasteiger partial charge on any atom is 0.254 e. The number of ether oxygens (including phenoxy) is 2. The number of morpholine rings is 1. The van der Waals surface area contributed by atoms with E-state index < -0.39 is 11.7 Å². The van der Waals surface area contributed by atoms with E-state index in [1.54, 1.807) is 18.2 Å². The summed E-state index contributed by atoms with van der Waals surface area (Å²) in [6.07, 6.45) is 4.04. The van der Waals surface area contributed by atoms with Gasteiger partial charge in [0.05, 0.1) is 42.5 Å². The minimum Gasteiger partial charge on any atom is -0.494 e. The number of carbonyl (C=O) groups is 2. The molecule has 4 aromatic rings. The highest BCUT2D eigenvalue weighted by Gasteiger charge is 2.60. The van der Waals surface area contributed by atoms with E-state index in [-0.39, 0.29) is 22.9 Å². The van der Waals surface area contributed by atoms with Crippen LogP contribution in [0.2, 0.25) is 0 Å². The van der Waals surface area contributed by atoms with E-state index in [4.69, 9.17) is 15.2 Å². The van der Waals surface area contributed by atoms with Crippen LogP contribution in [0.1, 0.15) is 46.4 Å². The van der Waals surface area contributed by atoms with E-state index in [1.807, 2.05) is 29.2 Å². The van der Waals surface area contributed by atoms with E-state index >= 15 is 0 Å². The first-order valence-electron chi connectivity index (χ1n) is 12.5. The van der Waals surface area contributed by atoms with Gasteiger partial charge in [0.25, 0.3) is 11.8 Å². The van der Waals surface area contributed by atoms with E-state index in [1.165, 1.54) is 13.2 Å². The predicted octanol–water partition coefficient (Wildman–Crippen LogP) is 4.77. The number of benzene rings is 3. The van der Waals surface area contributed by atoms with Gasteiger partial charge in [-0.15, -0.1) is 0 Å². The van der Waals surface area contributed by atoms with E-state index in [2.05, 4.69) is 4.98 Å². The Hall–Kier alpha value is -3.91. The predicted molar refractivity (Wildman–Crippen MR) is 137 cm³/mol. The van der Waals surface area contributed by atoms with Gasteiger partial charge in [0.1, 0.15) is 0 Å². The number of aromatic nitrogens is 1. The summed E-state index contributed by atoms with van der Waals surface area (Å²) in [6.45, 7) is 1.26. The molecule has 0 unspecified atom stereocenters. The molecule has 2 heterocycles. The largest absolute Gasteiger partial charge is 0.494 e. The minimum absolute atomic E-state index is 0.00840. The van der Waals surface area contributed by atoms with Crippen LogP contribution >= 0.6 is 0 Å². The number of hydrogen-bond donors (Lipinski definition) is 2. The number of methoxy groups -OCH3 is 1. The molecule has 3 N–H and O–H groups in total. The van der Waals surface area contributed by atoms with E-state index in [9.17, 15) is 14.0 Å². The Labute approximate surface area is 212 Å². The summed E-state index contributed by atoms with van der Waals surface area (Å²) in [5.41, 5.74) is 8.90. The highest BCUT2D eigenvalue weighted by atomic mass is 19.1. The molecule has 0 bridgehead atoms. The highest BCUT2D eigenvalue weighted by Crippen LogP contribution is 2.54. The normalized spacial score (nSPS) is 19.0. The topological polar surface area (TPSA) is 97.7 Å². The molecule has 1 aliphatic heterocycles. The number of halogens is 1. The second-order valence-corrected chi connectivity index (χ2v) is 10.7. The first-order chi connectivity index (χ1) is 17.8. The summed E-state index contributed by atoms with van der Waals surface area (Å²) in [5.74, 6) is -0.955. The number of aromatic amines is 1. The second kappa shape index (κ2) is 7.55. The summed E-state index contributed by atoms with van der Waals surface area (Å²) in [7, 11) is 1.41. The van der Waals surface area contributed by atoms with Gasteiger partial charge in [0.2, 0.25) is 0 Å². The van der Waals surface area contributed by atoms with E-state index in [0.717, 1.165) is 42.0 Å². The summed E-state index contributed by atoms with van der Waals surface area (Å²) >= 11 is 0. The first-order valence-corrected chi connectivity index (χ1v) is 12.5. The van der Waals surface area contributed by atoms with Crippen LogP contribution in [-0.2, 0) is 4.74 Å². The van der Waals surface area contributed by atoms with Crippen molar-refractivity contribution in [2.24, 2.45) is 5.73 Å². The van der Waals surface area contributed by atoms with Gasteiger partial charge < -0.3 is 25.1 Å². The minimum atomic E-state index is -0.596. The standard InChI is InChI=1S/C29H26FN3O4/c1-36-24-5-3-16(12-22(24)30)18-10-20-19-4-2-17(13-23(19)32-25(20)21(11-18)26(31)34)27(35)33-14-28(6-7-28)37-29(15-33)8-9-29/h2-5,10-13,32H,6-9,14-15H2,1H3,(H2,31,34). The van der Waals surface area contributed by atoms with Crippen LogP contribution in [0.5, 0.6) is 5.75 Å². The molecule has 3 aromatic carbocycles. The Morgan fingerprint density at radius 1 is 0.973 bits per heavy atom. The summed E-state index contributed by atoms with van der Waals surface area (Å²) in [6, 6.07) is 13.8. The van der Waals surface area contributed by atoms with E-state index in [0.29, 0.717) is 40.9 Å². The number of carbonyl (C=O) groups excluding carboxylic acids is 2. The molecule has 2 aliphatic carbocycles. The average Bonchev–Trinajstić information content (AvgIpc) is 3.79. The molecule has 8 heteroatoms. The van der Waals surface area contributed by atoms with Crippen molar-refractivity contribution in [1.82, 2.24) is 9.88 Å². The number of hydrogen-bond acceptors (Lipinski definition) is 4. The SMILES string of the molecule is COc1ccc(-c2cc(C(N)=O)c3[nH]c4cc(C(=O)N5CC6(CC6)OC6(CC6)C5)ccc4c3c2)cc1F. The molecular formula is C29H26FN3O4. The fourth-order valence-electron chi connectivity index (χ4n) is 5.75. The quantitative estimate of drug-likeness (QED) is 0.423. The van der Waals surface area contributed by atoms with Gasteiger partial charge in [0, 0.05) is 21.9 Å². The van der Waals surface area contributed by atoms with Crippen molar-refractivity contribution in [2.75, 3.05) is 20.2 Å². The lowest BCUT2D eigenvalue weighted by molar-refractivity contribution is -0.107. The number of fused-ring (bicyclic) bond motifs is 3. The molecule has 3 fully saturated rings. The third-order valence-electron chi connectivity index (χ3n) is 8.00. The highest BCUT2D eigenvalue weighted by molar-refractivity contribution is 6.17. The fraction of sp³-hybridized carbons (Fsp3) is 0.310. The molecule has 1 saturated heterocycles. The van der Waals surface area contributed by atoms with Gasteiger partial charge in [-0.25, -0.2) is 4.39 Å². The van der Waals surface area contributed by atoms with Crippen molar-refractivity contribution in [3.8, 4) is 16.9 Å². The van der Waals surface area contributed by atoms with Crippen LogP contribution in [0, 0.1) is 5.82 Å². The average molecular weight is 500 g/mol. The lowest BCUT2D eigenvalue weighted by Crippen LogP contribution is -2.52. The summed E-state index contributed by atoms with van der Waals surface area (Å²) in [5, 5.41) is 1.63. The molecule has 188 valence electrons. The number of nitrogens with zero attached hydrogens (tertiary/aromatic N) is 1. The molecule has 37 heavy (non-hydrogen) atoms. The van der Waals surface area contributed by atoms with Crippen LogP contribution in [0.4, 0.5) is 4.39 Å². The molecular weight excluding hydrogens is 473 g/mol. The Morgan fingerprint density at radius 3 is 2.32 bits per heavy atom. The Morgan fingerprint density at radius 2 is 1.70 bits per heavy atom. The lowest BCUT2D eigenvalue weighted by atomic mass is 9.98. The molecule has 7 rings (SSSR count). The number of H-pyrrole nitrogens is 1. The van der Waals surface area contributed by atoms with Crippen molar-refractivity contribution in [3.63, 3.8) is 0 Å². The van der Waals surface area contributed by atoms with Gasteiger partial charge in [0.15, 0.2) is 11.6 Å². The van der Waals surface area contributed by atoms with Crippen molar-refractivity contribution in [2.45, 2.75) is 36.9 Å². The molecule has 2 amide bonds. The third kappa shape index (κ3) is 3.58. The number of nitrogens with two attached hydrogens (primary N) is 1. The van der Waals surface area contributed by atoms with Gasteiger partial charge >= 0.3 is 0 Å². The number of amides is 2. The van der Waals surface area contributed by atoms with Crippen LogP contribution in [-0.4, -0.2) is 53.1 Å². The number of nitrogens with one attached hydrogen (secondary N) is 1. The summed E-state index contributed by atoms with van der Waals surface area (Å²) < 4.78 is 25.8. The molecule has 2 saturated carbocycles. The van der Waals surface area contributed by atoms with Crippen molar-refractivity contribution in [3.05, 3.63) is 65.5 Å². The monoisotopic (exact) mass is 499 g/mol. The maximum absolute atomic E-state index is 14.4.